The fraction of sp³-hybridized carbons (Fsp3) is 0.375. The lowest BCUT2D eigenvalue weighted by atomic mass is 9.94. The molecule has 2 aromatic carbocycles. The summed E-state index contributed by atoms with van der Waals surface area (Å²) in [5.41, 5.74) is 5.31. The molecule has 0 spiro atoms. The van der Waals surface area contributed by atoms with Crippen molar-refractivity contribution in [2.75, 3.05) is 5.32 Å². The lowest BCUT2D eigenvalue weighted by Crippen LogP contribution is -2.22. The van der Waals surface area contributed by atoms with E-state index in [0.717, 1.165) is 23.3 Å². The molecule has 1 N–H and O–H groups in total. The molecule has 1 saturated carbocycles. The van der Waals surface area contributed by atoms with E-state index in [1.165, 1.54) is 43.4 Å². The Labute approximate surface area is 160 Å². The van der Waals surface area contributed by atoms with E-state index in [1.807, 2.05) is 25.1 Å². The smallest absolute Gasteiger partial charge is 0.192 e. The van der Waals surface area contributed by atoms with Gasteiger partial charge in [-0.25, -0.2) is 0 Å². The van der Waals surface area contributed by atoms with Crippen LogP contribution in [-0.4, -0.2) is 6.04 Å². The molecule has 1 heterocycles. The van der Waals surface area contributed by atoms with Gasteiger partial charge in [-0.3, -0.25) is 4.79 Å². The van der Waals surface area contributed by atoms with Crippen molar-refractivity contribution in [2.45, 2.75) is 58.4 Å². The number of anilines is 1. The van der Waals surface area contributed by atoms with Crippen LogP contribution in [0.15, 0.2) is 51.7 Å². The molecule has 3 heteroatoms. The molecule has 1 aromatic heterocycles. The van der Waals surface area contributed by atoms with E-state index >= 15 is 0 Å². The zero-order valence-electron chi connectivity index (χ0n) is 16.2. The summed E-state index contributed by atoms with van der Waals surface area (Å²) in [6, 6.07) is 14.7. The van der Waals surface area contributed by atoms with Crippen molar-refractivity contribution in [3.05, 3.63) is 64.0 Å². The van der Waals surface area contributed by atoms with E-state index in [1.54, 1.807) is 6.07 Å². The summed E-state index contributed by atoms with van der Waals surface area (Å²) in [6.45, 7) is 4.12. The van der Waals surface area contributed by atoms with Gasteiger partial charge in [0.1, 0.15) is 11.3 Å². The lowest BCUT2D eigenvalue weighted by molar-refractivity contribution is 0.463. The molecule has 0 saturated heterocycles. The fourth-order valence-electron chi connectivity index (χ4n) is 4.11. The highest BCUT2D eigenvalue weighted by Crippen LogP contribution is 2.29. The van der Waals surface area contributed by atoms with Crippen LogP contribution in [0.4, 0.5) is 5.69 Å². The number of benzene rings is 2. The first-order valence-electron chi connectivity index (χ1n) is 10.1. The van der Waals surface area contributed by atoms with Crippen molar-refractivity contribution in [1.29, 1.82) is 0 Å². The summed E-state index contributed by atoms with van der Waals surface area (Å²) in [4.78, 5) is 12.4. The first-order chi connectivity index (χ1) is 13.1. The molecule has 0 bridgehead atoms. The molecule has 1 aliphatic carbocycles. The van der Waals surface area contributed by atoms with Crippen molar-refractivity contribution in [3.63, 3.8) is 0 Å². The van der Waals surface area contributed by atoms with Gasteiger partial charge < -0.3 is 9.73 Å². The van der Waals surface area contributed by atoms with Crippen molar-refractivity contribution in [2.24, 2.45) is 0 Å². The Morgan fingerprint density at radius 2 is 1.85 bits per heavy atom. The maximum absolute atomic E-state index is 12.4. The Bertz CT molecular complexity index is 1010. The van der Waals surface area contributed by atoms with E-state index in [4.69, 9.17) is 4.42 Å². The number of hydrogen-bond acceptors (Lipinski definition) is 3. The number of nitrogens with one attached hydrogen (secondary N) is 1. The average Bonchev–Trinajstić information content (AvgIpc) is 2.69. The standard InChI is InChI=1S/C24H27NO2/c1-3-20-15-23(26)22-14-17(9-12-24(22)27-20)21-11-10-19(13-16(21)2)25-18-7-5-4-6-8-18/h9-15,18,25H,3-8H2,1-2H3. The topological polar surface area (TPSA) is 42.2 Å². The normalized spacial score (nSPS) is 15.2. The minimum Gasteiger partial charge on any atom is -0.461 e. The number of rotatable bonds is 4. The summed E-state index contributed by atoms with van der Waals surface area (Å²) in [7, 11) is 0. The Morgan fingerprint density at radius 1 is 1.04 bits per heavy atom. The highest BCUT2D eigenvalue weighted by atomic mass is 16.3. The lowest BCUT2D eigenvalue weighted by Gasteiger charge is -2.24. The highest BCUT2D eigenvalue weighted by molar-refractivity contribution is 5.84. The Hall–Kier alpha value is -2.55. The van der Waals surface area contributed by atoms with Crippen LogP contribution >= 0.6 is 0 Å². The Kier molecular flexibility index (Phi) is 5.02. The molecular weight excluding hydrogens is 334 g/mol. The molecule has 0 amide bonds. The molecule has 3 nitrogen and oxygen atoms in total. The van der Waals surface area contributed by atoms with Crippen molar-refractivity contribution in [3.8, 4) is 11.1 Å². The van der Waals surface area contributed by atoms with E-state index in [2.05, 4.69) is 30.4 Å². The minimum absolute atomic E-state index is 0.0307. The van der Waals surface area contributed by atoms with Gasteiger partial charge in [0, 0.05) is 24.2 Å². The molecule has 1 aliphatic rings. The molecule has 3 aromatic rings. The molecule has 0 aliphatic heterocycles. The predicted octanol–water partition coefficient (Wildman–Crippen LogP) is 6.08. The summed E-state index contributed by atoms with van der Waals surface area (Å²) < 4.78 is 5.81. The van der Waals surface area contributed by atoms with E-state index < -0.39 is 0 Å². The maximum atomic E-state index is 12.4. The first-order valence-corrected chi connectivity index (χ1v) is 10.1. The van der Waals surface area contributed by atoms with Gasteiger partial charge in [-0.2, -0.15) is 0 Å². The van der Waals surface area contributed by atoms with Crippen molar-refractivity contribution >= 4 is 16.7 Å². The van der Waals surface area contributed by atoms with E-state index in [9.17, 15) is 4.79 Å². The van der Waals surface area contributed by atoms with Crippen LogP contribution in [0, 0.1) is 6.92 Å². The van der Waals surface area contributed by atoms with Gasteiger partial charge in [0.2, 0.25) is 0 Å². The number of aryl methyl sites for hydroxylation is 2. The molecule has 4 rings (SSSR count). The van der Waals surface area contributed by atoms with Crippen LogP contribution in [0.2, 0.25) is 0 Å². The van der Waals surface area contributed by atoms with Gasteiger partial charge in [0.25, 0.3) is 0 Å². The molecule has 27 heavy (non-hydrogen) atoms. The Balaban J connectivity index is 1.64. The molecule has 140 valence electrons. The second kappa shape index (κ2) is 7.59. The predicted molar refractivity (Wildman–Crippen MR) is 113 cm³/mol. The van der Waals surface area contributed by atoms with Crippen LogP contribution in [0.1, 0.15) is 50.4 Å². The van der Waals surface area contributed by atoms with Crippen LogP contribution in [0.5, 0.6) is 0 Å². The third kappa shape index (κ3) is 3.78. The summed E-state index contributed by atoms with van der Waals surface area (Å²) in [6.07, 6.45) is 7.28. The number of fused-ring (bicyclic) bond motifs is 1. The SMILES string of the molecule is CCc1cc(=O)c2cc(-c3ccc(NC4CCCCC4)cc3C)ccc2o1. The van der Waals surface area contributed by atoms with E-state index in [-0.39, 0.29) is 5.43 Å². The van der Waals surface area contributed by atoms with Crippen LogP contribution in [0.3, 0.4) is 0 Å². The Morgan fingerprint density at radius 3 is 2.59 bits per heavy atom. The van der Waals surface area contributed by atoms with Gasteiger partial charge in [0.15, 0.2) is 5.43 Å². The third-order valence-electron chi connectivity index (χ3n) is 5.64. The van der Waals surface area contributed by atoms with Crippen molar-refractivity contribution < 1.29 is 4.42 Å². The first kappa shape index (κ1) is 17.8. The molecular formula is C24H27NO2. The van der Waals surface area contributed by atoms with Gasteiger partial charge in [0.05, 0.1) is 5.39 Å². The molecule has 0 atom stereocenters. The minimum atomic E-state index is 0.0307. The van der Waals surface area contributed by atoms with Gasteiger partial charge in [-0.1, -0.05) is 38.3 Å². The summed E-state index contributed by atoms with van der Waals surface area (Å²) in [5, 5.41) is 4.33. The van der Waals surface area contributed by atoms with Gasteiger partial charge in [-0.15, -0.1) is 0 Å². The van der Waals surface area contributed by atoms with Crippen LogP contribution in [-0.2, 0) is 6.42 Å². The molecule has 0 radical (unpaired) electrons. The summed E-state index contributed by atoms with van der Waals surface area (Å²) >= 11 is 0. The molecule has 1 fully saturated rings. The zero-order valence-corrected chi connectivity index (χ0v) is 16.2. The molecule has 0 unspecified atom stereocenters. The van der Waals surface area contributed by atoms with Crippen molar-refractivity contribution in [1.82, 2.24) is 0 Å². The van der Waals surface area contributed by atoms with Crippen LogP contribution in [0.25, 0.3) is 22.1 Å². The second-order valence-corrected chi connectivity index (χ2v) is 7.65. The van der Waals surface area contributed by atoms with Gasteiger partial charge in [-0.05, 0) is 60.7 Å². The second-order valence-electron chi connectivity index (χ2n) is 7.65. The average molecular weight is 361 g/mol. The maximum Gasteiger partial charge on any atom is 0.192 e. The zero-order chi connectivity index (χ0) is 18.8. The van der Waals surface area contributed by atoms with Crippen LogP contribution < -0.4 is 10.7 Å². The van der Waals surface area contributed by atoms with E-state index in [0.29, 0.717) is 17.0 Å². The quantitative estimate of drug-likeness (QED) is 0.613. The third-order valence-corrected chi connectivity index (χ3v) is 5.64. The number of hydrogen-bond donors (Lipinski definition) is 1. The highest BCUT2D eigenvalue weighted by Gasteiger charge is 2.14. The summed E-state index contributed by atoms with van der Waals surface area (Å²) in [5.74, 6) is 0.731. The monoisotopic (exact) mass is 361 g/mol. The fourth-order valence-corrected chi connectivity index (χ4v) is 4.11. The largest absolute Gasteiger partial charge is 0.461 e. The van der Waals surface area contributed by atoms with Gasteiger partial charge >= 0.3 is 0 Å².